The molecule has 0 bridgehead atoms. The third kappa shape index (κ3) is 7.60. The molecule has 2 fully saturated rings. The van der Waals surface area contributed by atoms with Gasteiger partial charge in [-0.3, -0.25) is 14.4 Å². The summed E-state index contributed by atoms with van der Waals surface area (Å²) in [5.41, 5.74) is 0.641. The van der Waals surface area contributed by atoms with Crippen LogP contribution in [0.3, 0.4) is 0 Å². The Labute approximate surface area is 301 Å². The molecule has 2 aliphatic heterocycles. The van der Waals surface area contributed by atoms with Crippen LogP contribution < -0.4 is 9.21 Å². The summed E-state index contributed by atoms with van der Waals surface area (Å²) < 4.78 is 74.4. The lowest BCUT2D eigenvalue weighted by molar-refractivity contribution is -0.387. The first kappa shape index (κ1) is 37.5. The van der Waals surface area contributed by atoms with Crippen molar-refractivity contribution in [3.05, 3.63) is 58.6 Å². The van der Waals surface area contributed by atoms with E-state index in [1.165, 1.54) is 18.2 Å². The summed E-state index contributed by atoms with van der Waals surface area (Å²) in [6.07, 6.45) is 3.15. The van der Waals surface area contributed by atoms with Gasteiger partial charge in [-0.05, 0) is 56.9 Å². The summed E-state index contributed by atoms with van der Waals surface area (Å²) in [7, 11) is -6.85. The van der Waals surface area contributed by atoms with Gasteiger partial charge in [0.2, 0.25) is 15.0 Å². The third-order valence-corrected chi connectivity index (χ3v) is 11.9. The zero-order valence-corrected chi connectivity index (χ0v) is 30.6. The van der Waals surface area contributed by atoms with Gasteiger partial charge in [0.15, 0.2) is 11.1 Å². The number of anilines is 2. The molecule has 2 aromatic heterocycles. The molecule has 4 heterocycles. The topological polar surface area (TPSA) is 209 Å². The molecule has 4 aromatic rings. The molecule has 52 heavy (non-hydrogen) atoms. The van der Waals surface area contributed by atoms with Crippen LogP contribution >= 0.6 is 0 Å². The largest absolute Gasteiger partial charge is 0.394 e. The maximum atomic E-state index is 14.5. The number of fused-ring (bicyclic) bond motifs is 1. The number of nitro groups is 1. The van der Waals surface area contributed by atoms with Crippen molar-refractivity contribution in [2.45, 2.75) is 61.0 Å². The number of aromatic nitrogens is 4. The Balaban J connectivity index is 1.55. The maximum absolute atomic E-state index is 14.5. The molecule has 280 valence electrons. The van der Waals surface area contributed by atoms with Gasteiger partial charge in [-0.1, -0.05) is 12.1 Å². The lowest BCUT2D eigenvalue weighted by Crippen LogP contribution is -2.52. The van der Waals surface area contributed by atoms with Gasteiger partial charge in [0, 0.05) is 63.2 Å². The molecule has 1 N–H and O–H groups in total. The summed E-state index contributed by atoms with van der Waals surface area (Å²) >= 11 is 0. The van der Waals surface area contributed by atoms with Crippen molar-refractivity contribution < 1.29 is 41.1 Å². The Morgan fingerprint density at radius 1 is 1.10 bits per heavy atom. The predicted molar refractivity (Wildman–Crippen MR) is 190 cm³/mol. The minimum Gasteiger partial charge on any atom is -0.394 e. The Bertz CT molecular complexity index is 2150. The van der Waals surface area contributed by atoms with Crippen LogP contribution in [0.25, 0.3) is 22.3 Å². The summed E-state index contributed by atoms with van der Waals surface area (Å²) in [6, 6.07) is 10.9. The Morgan fingerprint density at radius 2 is 1.87 bits per heavy atom. The molecule has 2 aliphatic rings. The Hall–Kier alpha value is -4.27. The fourth-order valence-electron chi connectivity index (χ4n) is 6.33. The van der Waals surface area contributed by atoms with Crippen LogP contribution in [0.2, 0.25) is 0 Å². The van der Waals surface area contributed by atoms with Gasteiger partial charge < -0.3 is 24.2 Å². The molecule has 2 saturated heterocycles. The number of methoxy groups -OCH3 is 1. The molecule has 6 rings (SSSR count). The van der Waals surface area contributed by atoms with Crippen molar-refractivity contribution in [3.8, 4) is 11.4 Å². The van der Waals surface area contributed by atoms with Gasteiger partial charge in [-0.15, -0.1) is 0 Å². The number of sulfone groups is 1. The third-order valence-electron chi connectivity index (χ3n) is 9.06. The zero-order valence-electron chi connectivity index (χ0n) is 29.0. The molecular weight excluding hydrogens is 719 g/mol. The standard InChI is InChI=1S/C33H41N7O10S2/c1-22(13-16-49-17-14-41)39(52(46,47)29-9-5-4-8-28(29)40(42)43)23-11-12-27-25(18-23)32(36-38(27)31-10-6-7-15-50-31)26-19-30(37-20-24(21-37)48-2)35-33(34-26)51(3,44)45/h4-5,8-9,11-12,18-19,22,24,31,41H,6-7,10,13-17,20-21H2,1-3H3/t22-,31?/m1/s1. The molecule has 0 spiro atoms. The van der Waals surface area contributed by atoms with E-state index in [1.54, 1.807) is 43.0 Å². The van der Waals surface area contributed by atoms with E-state index in [-0.39, 0.29) is 49.4 Å². The smallest absolute Gasteiger partial charge is 0.289 e. The highest BCUT2D eigenvalue weighted by Crippen LogP contribution is 2.39. The van der Waals surface area contributed by atoms with E-state index < -0.39 is 52.8 Å². The first-order chi connectivity index (χ1) is 24.8. The number of nitrogens with zero attached hydrogens (tertiary/aromatic N) is 7. The predicted octanol–water partition coefficient (Wildman–Crippen LogP) is 3.32. The molecule has 0 radical (unpaired) electrons. The van der Waals surface area contributed by atoms with Crippen LogP contribution in [-0.4, -0.2) is 112 Å². The van der Waals surface area contributed by atoms with Crippen molar-refractivity contribution >= 4 is 48.0 Å². The fourth-order valence-corrected chi connectivity index (χ4v) is 8.69. The number of aliphatic hydroxyl groups is 1. The average Bonchev–Trinajstić information content (AvgIpc) is 3.48. The highest BCUT2D eigenvalue weighted by molar-refractivity contribution is 7.93. The quantitative estimate of drug-likeness (QED) is 0.0798. The number of hydrogen-bond donors (Lipinski definition) is 1. The molecule has 0 aliphatic carbocycles. The van der Waals surface area contributed by atoms with E-state index in [4.69, 9.17) is 19.3 Å². The van der Waals surface area contributed by atoms with E-state index in [0.29, 0.717) is 42.8 Å². The second-order valence-electron chi connectivity index (χ2n) is 12.7. The van der Waals surface area contributed by atoms with Gasteiger partial charge in [0.25, 0.3) is 15.7 Å². The lowest BCUT2D eigenvalue weighted by Gasteiger charge is -2.39. The second-order valence-corrected chi connectivity index (χ2v) is 16.4. The number of para-hydroxylation sites is 1. The fraction of sp³-hybridized carbons (Fsp3) is 0.485. The van der Waals surface area contributed by atoms with Crippen LogP contribution in [0.5, 0.6) is 0 Å². The van der Waals surface area contributed by atoms with Crippen molar-refractivity contribution in [2.24, 2.45) is 0 Å². The molecule has 2 aromatic carbocycles. The van der Waals surface area contributed by atoms with E-state index in [0.717, 1.165) is 29.5 Å². The van der Waals surface area contributed by atoms with Gasteiger partial charge >= 0.3 is 0 Å². The number of rotatable bonds is 15. The molecule has 2 atom stereocenters. The number of nitro benzene ring substituents is 1. The van der Waals surface area contributed by atoms with Gasteiger partial charge in [0.05, 0.1) is 41.1 Å². The zero-order chi connectivity index (χ0) is 37.2. The first-order valence-electron chi connectivity index (χ1n) is 16.8. The SMILES string of the molecule is COC1CN(c2cc(-c3nn(C4CCCCO4)c4ccc(N([C@H](C)CCOCCO)S(=O)(=O)c5ccccc5[N+](=O)[O-])cc34)nc(S(C)(=O)=O)n2)C1. The second kappa shape index (κ2) is 15.4. The molecule has 19 heteroatoms. The summed E-state index contributed by atoms with van der Waals surface area (Å²) in [5.74, 6) is 0.364. The molecule has 1 unspecified atom stereocenters. The number of ether oxygens (including phenoxy) is 3. The first-order valence-corrected chi connectivity index (χ1v) is 20.1. The Morgan fingerprint density at radius 3 is 2.54 bits per heavy atom. The van der Waals surface area contributed by atoms with Crippen molar-refractivity contribution in [1.29, 1.82) is 0 Å². The van der Waals surface area contributed by atoms with Crippen molar-refractivity contribution in [1.82, 2.24) is 19.7 Å². The minimum atomic E-state index is -4.57. The molecule has 0 amide bonds. The van der Waals surface area contributed by atoms with Crippen LogP contribution in [0, 0.1) is 10.1 Å². The average molecular weight is 760 g/mol. The van der Waals surface area contributed by atoms with Crippen LogP contribution in [0.4, 0.5) is 17.2 Å². The monoisotopic (exact) mass is 759 g/mol. The molecule has 17 nitrogen and oxygen atoms in total. The van der Waals surface area contributed by atoms with Crippen molar-refractivity contribution in [3.63, 3.8) is 0 Å². The molecule has 0 saturated carbocycles. The highest BCUT2D eigenvalue weighted by atomic mass is 32.2. The minimum absolute atomic E-state index is 0.0458. The van der Waals surface area contributed by atoms with Gasteiger partial charge in [0.1, 0.15) is 11.5 Å². The Kier molecular flexibility index (Phi) is 11.1. The lowest BCUT2D eigenvalue weighted by atomic mass is 10.1. The molecular formula is C33H41N7O10S2. The van der Waals surface area contributed by atoms with Crippen molar-refractivity contribution in [2.75, 3.05) is 62.1 Å². The number of aliphatic hydroxyl groups excluding tert-OH is 1. The van der Waals surface area contributed by atoms with Crippen LogP contribution in [0.1, 0.15) is 38.8 Å². The van der Waals surface area contributed by atoms with E-state index in [9.17, 15) is 32.1 Å². The number of hydrogen-bond acceptors (Lipinski definition) is 14. The van der Waals surface area contributed by atoms with E-state index >= 15 is 0 Å². The van der Waals surface area contributed by atoms with Gasteiger partial charge in [-0.2, -0.15) is 5.10 Å². The highest BCUT2D eigenvalue weighted by Gasteiger charge is 2.36. The normalized spacial score (nSPS) is 17.6. The number of sulfonamides is 1. The van der Waals surface area contributed by atoms with Crippen LogP contribution in [-0.2, 0) is 34.1 Å². The van der Waals surface area contributed by atoms with Crippen LogP contribution in [0.15, 0.2) is 58.6 Å². The van der Waals surface area contributed by atoms with E-state index in [2.05, 4.69) is 9.97 Å². The van der Waals surface area contributed by atoms with Gasteiger partial charge in [-0.25, -0.2) is 31.5 Å². The summed E-state index contributed by atoms with van der Waals surface area (Å²) in [6.45, 7) is 3.11. The van der Waals surface area contributed by atoms with E-state index in [1.807, 2.05) is 4.90 Å². The maximum Gasteiger partial charge on any atom is 0.289 e. The summed E-state index contributed by atoms with van der Waals surface area (Å²) in [4.78, 5) is 21.4. The summed E-state index contributed by atoms with van der Waals surface area (Å²) in [5, 5.41) is 26.1. The number of benzene rings is 2.